The Morgan fingerprint density at radius 2 is 1.93 bits per heavy atom. The van der Waals surface area contributed by atoms with Crippen LogP contribution in [0.5, 0.6) is 0 Å². The van der Waals surface area contributed by atoms with Gasteiger partial charge in [0.1, 0.15) is 23.8 Å². The molecule has 4 aromatic rings. The molecule has 2 heterocycles. The lowest BCUT2D eigenvalue weighted by Gasteiger charge is -2.14. The van der Waals surface area contributed by atoms with E-state index in [4.69, 9.17) is 12.3 Å². The molecule has 8 heteroatoms. The first kappa shape index (κ1) is 18.1. The van der Waals surface area contributed by atoms with E-state index in [-0.39, 0.29) is 40.2 Å². The molecule has 0 unspecified atom stereocenters. The van der Waals surface area contributed by atoms with E-state index < -0.39 is 5.82 Å². The molecule has 4 N–H and O–H groups in total. The van der Waals surface area contributed by atoms with Gasteiger partial charge in [-0.3, -0.25) is 4.79 Å². The van der Waals surface area contributed by atoms with Gasteiger partial charge in [-0.15, -0.1) is 0 Å². The summed E-state index contributed by atoms with van der Waals surface area (Å²) in [4.78, 5) is 27.4. The van der Waals surface area contributed by atoms with Crippen LogP contribution in [-0.4, -0.2) is 15.0 Å². The third-order valence-electron chi connectivity index (χ3n) is 4.54. The molecule has 0 amide bonds. The van der Waals surface area contributed by atoms with Crippen LogP contribution in [0.3, 0.4) is 0 Å². The number of anilines is 2. The van der Waals surface area contributed by atoms with Gasteiger partial charge in [-0.1, -0.05) is 36.4 Å². The number of nitrogens with zero attached hydrogens (tertiary/aromatic N) is 3. The number of benzene rings is 2. The minimum absolute atomic E-state index is 0.0512. The number of aromatic nitrogens is 3. The molecule has 2 aromatic heterocycles. The van der Waals surface area contributed by atoms with Crippen LogP contribution in [0, 0.1) is 12.4 Å². The molecule has 0 aliphatic carbocycles. The molecule has 0 bridgehead atoms. The Labute approximate surface area is 164 Å². The largest absolute Gasteiger partial charge is 0.392 e. The number of fused-ring (bicyclic) bond motifs is 1. The summed E-state index contributed by atoms with van der Waals surface area (Å²) in [7, 11) is 0. The Balaban J connectivity index is 1.87. The highest BCUT2D eigenvalue weighted by molar-refractivity contribution is 5.84. The number of H-pyrrole nitrogens is 1. The first-order valence-electron chi connectivity index (χ1n) is 8.70. The van der Waals surface area contributed by atoms with Crippen molar-refractivity contribution in [2.45, 2.75) is 6.54 Å². The number of hydrogen-bond acceptors (Lipinski definition) is 5. The number of rotatable bonds is 4. The summed E-state index contributed by atoms with van der Waals surface area (Å²) in [5.74, 6) is -0.226. The summed E-state index contributed by atoms with van der Waals surface area (Å²) in [6.45, 7) is 7.33. The van der Waals surface area contributed by atoms with Crippen molar-refractivity contribution in [1.82, 2.24) is 15.0 Å². The SMILES string of the molecule is [C-]#[N+]c1c(N)ncnc1NCc1c(-c2ccccc2)[nH]c2c(F)cccc2c1=O. The predicted molar refractivity (Wildman–Crippen MR) is 110 cm³/mol. The third-order valence-corrected chi connectivity index (χ3v) is 4.54. The van der Waals surface area contributed by atoms with Gasteiger partial charge in [0.25, 0.3) is 5.69 Å². The van der Waals surface area contributed by atoms with Gasteiger partial charge < -0.3 is 16.0 Å². The molecule has 0 aliphatic heterocycles. The molecule has 4 rings (SSSR count). The van der Waals surface area contributed by atoms with Gasteiger partial charge in [0, 0.05) is 17.5 Å². The first-order valence-corrected chi connectivity index (χ1v) is 8.70. The van der Waals surface area contributed by atoms with E-state index in [1.807, 2.05) is 30.3 Å². The van der Waals surface area contributed by atoms with Gasteiger partial charge >= 0.3 is 0 Å². The van der Waals surface area contributed by atoms with Crippen molar-refractivity contribution in [1.29, 1.82) is 0 Å². The summed E-state index contributed by atoms with van der Waals surface area (Å²) in [5, 5.41) is 3.24. The molecule has 0 atom stereocenters. The third kappa shape index (κ3) is 3.26. The number of aromatic amines is 1. The maximum absolute atomic E-state index is 14.3. The monoisotopic (exact) mass is 386 g/mol. The van der Waals surface area contributed by atoms with E-state index in [0.29, 0.717) is 11.3 Å². The van der Waals surface area contributed by atoms with Crippen LogP contribution in [0.4, 0.5) is 21.7 Å². The van der Waals surface area contributed by atoms with E-state index in [9.17, 15) is 9.18 Å². The van der Waals surface area contributed by atoms with Gasteiger partial charge in [0.05, 0.1) is 17.8 Å². The average Bonchev–Trinajstić information content (AvgIpc) is 2.74. The van der Waals surface area contributed by atoms with Crippen LogP contribution in [0.15, 0.2) is 59.7 Å². The highest BCUT2D eigenvalue weighted by atomic mass is 19.1. The molecule has 0 aliphatic rings. The molecule has 7 nitrogen and oxygen atoms in total. The fourth-order valence-electron chi connectivity index (χ4n) is 3.14. The van der Waals surface area contributed by atoms with Crippen molar-refractivity contribution < 1.29 is 4.39 Å². The smallest absolute Gasteiger partial charge is 0.268 e. The number of halogens is 1. The number of nitrogen functional groups attached to an aromatic ring is 1. The average molecular weight is 386 g/mol. The van der Waals surface area contributed by atoms with Crippen LogP contribution in [0.2, 0.25) is 0 Å². The van der Waals surface area contributed by atoms with E-state index in [2.05, 4.69) is 25.1 Å². The van der Waals surface area contributed by atoms with Gasteiger partial charge in [0.2, 0.25) is 0 Å². The van der Waals surface area contributed by atoms with Gasteiger partial charge in [0.15, 0.2) is 5.43 Å². The number of pyridine rings is 1. The molecule has 0 fully saturated rings. The summed E-state index contributed by atoms with van der Waals surface area (Å²) in [6, 6.07) is 13.5. The molecule has 0 saturated heterocycles. The molecule has 0 saturated carbocycles. The fraction of sp³-hybridized carbons (Fsp3) is 0.0476. The highest BCUT2D eigenvalue weighted by Gasteiger charge is 2.17. The minimum atomic E-state index is -0.504. The fourth-order valence-corrected chi connectivity index (χ4v) is 3.14. The number of hydrogen-bond donors (Lipinski definition) is 3. The maximum atomic E-state index is 14.3. The van der Waals surface area contributed by atoms with Crippen LogP contribution in [0.1, 0.15) is 5.56 Å². The van der Waals surface area contributed by atoms with Crippen LogP contribution >= 0.6 is 0 Å². The minimum Gasteiger partial charge on any atom is -0.392 e. The molecular weight excluding hydrogens is 371 g/mol. The second kappa shape index (κ2) is 7.40. The Bertz CT molecular complexity index is 1310. The normalized spacial score (nSPS) is 10.6. The topological polar surface area (TPSA) is 101 Å². The molecule has 29 heavy (non-hydrogen) atoms. The maximum Gasteiger partial charge on any atom is 0.268 e. The summed E-state index contributed by atoms with van der Waals surface area (Å²) in [5.41, 5.74) is 7.27. The van der Waals surface area contributed by atoms with E-state index >= 15 is 0 Å². The Morgan fingerprint density at radius 3 is 2.69 bits per heavy atom. The Kier molecular flexibility index (Phi) is 4.63. The molecular formula is C21H15FN6O. The van der Waals surface area contributed by atoms with Crippen molar-refractivity contribution in [2.24, 2.45) is 0 Å². The summed E-state index contributed by atoms with van der Waals surface area (Å²) >= 11 is 0. The lowest BCUT2D eigenvalue weighted by atomic mass is 10.0. The Morgan fingerprint density at radius 1 is 1.14 bits per heavy atom. The predicted octanol–water partition coefficient (Wildman–Crippen LogP) is 3.87. The van der Waals surface area contributed by atoms with E-state index in [0.717, 1.165) is 5.56 Å². The lowest BCUT2D eigenvalue weighted by molar-refractivity contribution is 0.637. The summed E-state index contributed by atoms with van der Waals surface area (Å²) in [6.07, 6.45) is 1.24. The second-order valence-corrected chi connectivity index (χ2v) is 6.26. The lowest BCUT2D eigenvalue weighted by Crippen LogP contribution is -2.17. The molecule has 2 aromatic carbocycles. The Hall–Kier alpha value is -4.25. The van der Waals surface area contributed by atoms with Crippen molar-refractivity contribution in [2.75, 3.05) is 11.1 Å². The van der Waals surface area contributed by atoms with Gasteiger partial charge in [-0.05, 0) is 17.7 Å². The zero-order chi connectivity index (χ0) is 20.4. The van der Waals surface area contributed by atoms with Crippen LogP contribution in [-0.2, 0) is 6.54 Å². The zero-order valence-corrected chi connectivity index (χ0v) is 15.1. The number of para-hydroxylation sites is 1. The standard InChI is InChI=1S/C21H15FN6O/c1-24-18-20(23)26-11-27-21(18)25-10-14-16(12-6-3-2-4-7-12)28-17-13(19(14)29)8-5-9-15(17)22/h2-9,11H,10H2,(H,28,29)(H3,23,25,26,27). The zero-order valence-electron chi connectivity index (χ0n) is 15.1. The molecule has 142 valence electrons. The summed E-state index contributed by atoms with van der Waals surface area (Å²) < 4.78 is 14.3. The van der Waals surface area contributed by atoms with Crippen molar-refractivity contribution in [3.05, 3.63) is 87.9 Å². The van der Waals surface area contributed by atoms with Gasteiger partial charge in [-0.2, -0.15) is 0 Å². The number of nitrogens with one attached hydrogen (secondary N) is 2. The van der Waals surface area contributed by atoms with E-state index in [1.165, 1.54) is 18.5 Å². The molecule has 0 radical (unpaired) electrons. The van der Waals surface area contributed by atoms with Crippen LogP contribution < -0.4 is 16.5 Å². The quantitative estimate of drug-likeness (QED) is 0.462. The number of nitrogens with two attached hydrogens (primary N) is 1. The van der Waals surface area contributed by atoms with Crippen molar-refractivity contribution >= 4 is 28.2 Å². The highest BCUT2D eigenvalue weighted by Crippen LogP contribution is 2.29. The molecule has 0 spiro atoms. The van der Waals surface area contributed by atoms with Crippen LogP contribution in [0.25, 0.3) is 27.0 Å². The second-order valence-electron chi connectivity index (χ2n) is 6.26. The van der Waals surface area contributed by atoms with E-state index in [1.54, 1.807) is 6.07 Å². The van der Waals surface area contributed by atoms with Gasteiger partial charge in [-0.25, -0.2) is 19.2 Å². The first-order chi connectivity index (χ1) is 14.1. The van der Waals surface area contributed by atoms with Crippen molar-refractivity contribution in [3.63, 3.8) is 0 Å². The van der Waals surface area contributed by atoms with Crippen molar-refractivity contribution in [3.8, 4) is 11.3 Å².